The third kappa shape index (κ3) is 2.87. The molecule has 1 heterocycles. The predicted molar refractivity (Wildman–Crippen MR) is 77.1 cm³/mol. The van der Waals surface area contributed by atoms with Gasteiger partial charge in [0.05, 0.1) is 23.0 Å². The van der Waals surface area contributed by atoms with Crippen LogP contribution in [0.4, 0.5) is 0 Å². The first kappa shape index (κ1) is 15.5. The first-order chi connectivity index (χ1) is 8.36. The molecule has 0 aromatic carbocycles. The van der Waals surface area contributed by atoms with E-state index in [1.165, 1.54) is 0 Å². The number of halogens is 1. The van der Waals surface area contributed by atoms with Gasteiger partial charge in [0.25, 0.3) is 0 Å². The lowest BCUT2D eigenvalue weighted by Crippen LogP contribution is -2.49. The SMILES string of the molecule is CCCn1ncc(Cl)c1C(NC)C(C)(C)N(C)C. The summed E-state index contributed by atoms with van der Waals surface area (Å²) >= 11 is 6.32. The number of rotatable bonds is 6. The minimum atomic E-state index is -0.0517. The van der Waals surface area contributed by atoms with Gasteiger partial charge in [0.2, 0.25) is 0 Å². The molecule has 1 aromatic heterocycles. The zero-order chi connectivity index (χ0) is 13.9. The number of nitrogens with zero attached hydrogens (tertiary/aromatic N) is 3. The maximum atomic E-state index is 6.32. The minimum absolute atomic E-state index is 0.0517. The quantitative estimate of drug-likeness (QED) is 0.864. The van der Waals surface area contributed by atoms with Gasteiger partial charge in [-0.3, -0.25) is 4.68 Å². The van der Waals surface area contributed by atoms with Crippen LogP contribution in [0.3, 0.4) is 0 Å². The third-order valence-corrected chi connectivity index (χ3v) is 3.98. The van der Waals surface area contributed by atoms with Crippen LogP contribution in [0, 0.1) is 0 Å². The molecule has 1 unspecified atom stereocenters. The summed E-state index contributed by atoms with van der Waals surface area (Å²) in [5.41, 5.74) is 1.02. The zero-order valence-corrected chi connectivity index (χ0v) is 13.0. The Labute approximate surface area is 115 Å². The van der Waals surface area contributed by atoms with Crippen molar-refractivity contribution in [2.24, 2.45) is 0 Å². The van der Waals surface area contributed by atoms with Crippen LogP contribution >= 0.6 is 11.6 Å². The molecule has 4 nitrogen and oxygen atoms in total. The number of nitrogens with one attached hydrogen (secondary N) is 1. The fraction of sp³-hybridized carbons (Fsp3) is 0.769. The van der Waals surface area contributed by atoms with Gasteiger partial charge in [0.1, 0.15) is 0 Å². The molecule has 18 heavy (non-hydrogen) atoms. The van der Waals surface area contributed by atoms with Crippen molar-refractivity contribution in [3.63, 3.8) is 0 Å². The van der Waals surface area contributed by atoms with Crippen molar-refractivity contribution in [2.75, 3.05) is 21.1 Å². The van der Waals surface area contributed by atoms with Crippen LogP contribution in [-0.2, 0) is 6.54 Å². The largest absolute Gasteiger partial charge is 0.310 e. The van der Waals surface area contributed by atoms with Gasteiger partial charge in [0, 0.05) is 12.1 Å². The smallest absolute Gasteiger partial charge is 0.0834 e. The first-order valence-electron chi connectivity index (χ1n) is 6.42. The molecule has 0 aliphatic rings. The second kappa shape index (κ2) is 6.04. The standard InChI is InChI=1S/C13H25ClN4/c1-7-8-18-11(10(14)9-16-18)12(15-4)13(2,3)17(5)6/h9,12,15H,7-8H2,1-6H3. The van der Waals surface area contributed by atoms with Gasteiger partial charge in [-0.25, -0.2) is 0 Å². The maximum Gasteiger partial charge on any atom is 0.0834 e. The van der Waals surface area contributed by atoms with Crippen molar-refractivity contribution in [1.82, 2.24) is 20.0 Å². The van der Waals surface area contributed by atoms with Crippen molar-refractivity contribution in [1.29, 1.82) is 0 Å². The van der Waals surface area contributed by atoms with Crippen LogP contribution in [0.2, 0.25) is 5.02 Å². The highest BCUT2D eigenvalue weighted by Gasteiger charge is 2.35. The summed E-state index contributed by atoms with van der Waals surface area (Å²) in [4.78, 5) is 2.20. The summed E-state index contributed by atoms with van der Waals surface area (Å²) < 4.78 is 2.01. The normalized spacial score (nSPS) is 14.2. The van der Waals surface area contributed by atoms with E-state index in [0.717, 1.165) is 23.7 Å². The topological polar surface area (TPSA) is 33.1 Å². The lowest BCUT2D eigenvalue weighted by Gasteiger charge is -2.40. The lowest BCUT2D eigenvalue weighted by molar-refractivity contribution is 0.137. The Morgan fingerprint density at radius 3 is 2.56 bits per heavy atom. The van der Waals surface area contributed by atoms with E-state index in [2.05, 4.69) is 50.2 Å². The van der Waals surface area contributed by atoms with Gasteiger partial charge in [-0.2, -0.15) is 5.10 Å². The van der Waals surface area contributed by atoms with E-state index < -0.39 is 0 Å². The molecule has 1 atom stereocenters. The number of hydrogen-bond acceptors (Lipinski definition) is 3. The van der Waals surface area contributed by atoms with Crippen molar-refractivity contribution < 1.29 is 0 Å². The molecule has 0 saturated carbocycles. The summed E-state index contributed by atoms with van der Waals surface area (Å²) in [6.45, 7) is 7.44. The average Bonchev–Trinajstić information content (AvgIpc) is 2.63. The van der Waals surface area contributed by atoms with Crippen LogP contribution in [0.15, 0.2) is 6.20 Å². The van der Waals surface area contributed by atoms with Gasteiger partial charge in [0.15, 0.2) is 0 Å². The summed E-state index contributed by atoms with van der Waals surface area (Å²) in [5.74, 6) is 0. The highest BCUT2D eigenvalue weighted by molar-refractivity contribution is 6.31. The van der Waals surface area contributed by atoms with E-state index in [9.17, 15) is 0 Å². The second-order valence-electron chi connectivity index (χ2n) is 5.37. The molecule has 1 N–H and O–H groups in total. The summed E-state index contributed by atoms with van der Waals surface area (Å²) in [6, 6.07) is 0.133. The summed E-state index contributed by atoms with van der Waals surface area (Å²) in [6.07, 6.45) is 2.78. The molecule has 0 spiro atoms. The number of hydrogen-bond donors (Lipinski definition) is 1. The Balaban J connectivity index is 3.20. The van der Waals surface area contributed by atoms with E-state index in [-0.39, 0.29) is 11.6 Å². The van der Waals surface area contributed by atoms with E-state index in [4.69, 9.17) is 11.6 Å². The Morgan fingerprint density at radius 1 is 1.50 bits per heavy atom. The maximum absolute atomic E-state index is 6.32. The summed E-state index contributed by atoms with van der Waals surface area (Å²) in [5, 5.41) is 8.49. The first-order valence-corrected chi connectivity index (χ1v) is 6.79. The number of aromatic nitrogens is 2. The minimum Gasteiger partial charge on any atom is -0.310 e. The predicted octanol–water partition coefficient (Wildman–Crippen LogP) is 2.55. The molecule has 0 saturated heterocycles. The molecule has 104 valence electrons. The molecular weight excluding hydrogens is 248 g/mol. The Bertz CT molecular complexity index is 384. The van der Waals surface area contributed by atoms with Crippen molar-refractivity contribution in [2.45, 2.75) is 45.3 Å². The molecular formula is C13H25ClN4. The van der Waals surface area contributed by atoms with E-state index in [1.54, 1.807) is 6.20 Å². The molecule has 1 aromatic rings. The monoisotopic (exact) mass is 272 g/mol. The highest BCUT2D eigenvalue weighted by Crippen LogP contribution is 2.33. The Hall–Kier alpha value is -0.580. The molecule has 0 radical (unpaired) electrons. The van der Waals surface area contributed by atoms with Gasteiger partial charge in [-0.1, -0.05) is 18.5 Å². The molecule has 0 bridgehead atoms. The summed E-state index contributed by atoms with van der Waals surface area (Å²) in [7, 11) is 6.13. The number of likely N-dealkylation sites (N-methyl/N-ethyl adjacent to an activating group) is 2. The van der Waals surface area contributed by atoms with Gasteiger partial charge in [-0.05, 0) is 41.4 Å². The molecule has 1 rings (SSSR count). The molecule has 0 aliphatic carbocycles. The van der Waals surface area contributed by atoms with E-state index in [0.29, 0.717) is 0 Å². The Morgan fingerprint density at radius 2 is 2.11 bits per heavy atom. The third-order valence-electron chi connectivity index (χ3n) is 3.69. The van der Waals surface area contributed by atoms with Gasteiger partial charge in [-0.15, -0.1) is 0 Å². The second-order valence-corrected chi connectivity index (χ2v) is 5.78. The van der Waals surface area contributed by atoms with Gasteiger partial charge < -0.3 is 10.2 Å². The number of aryl methyl sites for hydroxylation is 1. The highest BCUT2D eigenvalue weighted by atomic mass is 35.5. The molecule has 0 amide bonds. The van der Waals surface area contributed by atoms with Crippen molar-refractivity contribution in [3.05, 3.63) is 16.9 Å². The lowest BCUT2D eigenvalue weighted by atomic mass is 9.90. The molecule has 5 heteroatoms. The van der Waals surface area contributed by atoms with E-state index >= 15 is 0 Å². The van der Waals surface area contributed by atoms with E-state index in [1.807, 2.05) is 11.7 Å². The molecule has 0 aliphatic heterocycles. The van der Waals surface area contributed by atoms with Crippen LogP contribution in [0.1, 0.15) is 38.9 Å². The fourth-order valence-electron chi connectivity index (χ4n) is 2.13. The fourth-order valence-corrected chi connectivity index (χ4v) is 2.38. The van der Waals surface area contributed by atoms with Crippen LogP contribution < -0.4 is 5.32 Å². The van der Waals surface area contributed by atoms with Gasteiger partial charge >= 0.3 is 0 Å². The molecule has 0 fully saturated rings. The van der Waals surface area contributed by atoms with Crippen LogP contribution in [0.5, 0.6) is 0 Å². The average molecular weight is 273 g/mol. The van der Waals surface area contributed by atoms with Crippen LogP contribution in [0.25, 0.3) is 0 Å². The van der Waals surface area contributed by atoms with Crippen LogP contribution in [-0.4, -0.2) is 41.4 Å². The Kier molecular flexibility index (Phi) is 5.20. The van der Waals surface area contributed by atoms with Crippen molar-refractivity contribution in [3.8, 4) is 0 Å². The van der Waals surface area contributed by atoms with Crippen molar-refractivity contribution >= 4 is 11.6 Å². The zero-order valence-electron chi connectivity index (χ0n) is 12.3.